The zero-order valence-corrected chi connectivity index (χ0v) is 19.0. The van der Waals surface area contributed by atoms with Crippen LogP contribution >= 0.6 is 0 Å². The largest absolute Gasteiger partial charge is 0.489 e. The number of rotatable bonds is 10. The van der Waals surface area contributed by atoms with Crippen LogP contribution in [0, 0.1) is 0 Å². The molecule has 3 heteroatoms. The van der Waals surface area contributed by atoms with Crippen LogP contribution in [0.4, 0.5) is 0 Å². The summed E-state index contributed by atoms with van der Waals surface area (Å²) in [5.74, 6) is -0.102. The van der Waals surface area contributed by atoms with Gasteiger partial charge in [-0.05, 0) is 102 Å². The van der Waals surface area contributed by atoms with E-state index >= 15 is 0 Å². The smallest absolute Gasteiger partial charge is 0.335 e. The summed E-state index contributed by atoms with van der Waals surface area (Å²) in [7, 11) is 0. The Hall–Kier alpha value is -2.55. The van der Waals surface area contributed by atoms with E-state index in [9.17, 15) is 4.79 Å². The molecule has 0 fully saturated rings. The summed E-state index contributed by atoms with van der Waals surface area (Å²) >= 11 is 0. The van der Waals surface area contributed by atoms with E-state index in [-0.39, 0.29) is 0 Å². The number of carboxylic acids is 1. The van der Waals surface area contributed by atoms with Gasteiger partial charge in [0.05, 0.1) is 5.56 Å². The first-order valence-corrected chi connectivity index (χ1v) is 11.0. The van der Waals surface area contributed by atoms with Gasteiger partial charge in [0.25, 0.3) is 0 Å². The van der Waals surface area contributed by atoms with Gasteiger partial charge in [0, 0.05) is 0 Å². The predicted octanol–water partition coefficient (Wildman–Crippen LogP) is 7.45. The molecule has 0 spiro atoms. The van der Waals surface area contributed by atoms with E-state index in [1.807, 2.05) is 0 Å². The average molecular weight is 409 g/mol. The van der Waals surface area contributed by atoms with Gasteiger partial charge in [0.1, 0.15) is 12.4 Å². The first-order valence-electron chi connectivity index (χ1n) is 11.0. The number of benzene rings is 1. The summed E-state index contributed by atoms with van der Waals surface area (Å²) in [5.41, 5.74) is 6.85. The minimum Gasteiger partial charge on any atom is -0.489 e. The van der Waals surface area contributed by atoms with Crippen molar-refractivity contribution in [3.8, 4) is 5.75 Å². The van der Waals surface area contributed by atoms with Crippen molar-refractivity contribution in [1.29, 1.82) is 0 Å². The van der Waals surface area contributed by atoms with Gasteiger partial charge in [0.2, 0.25) is 0 Å². The van der Waals surface area contributed by atoms with Crippen molar-refractivity contribution in [1.82, 2.24) is 0 Å². The second-order valence-corrected chi connectivity index (χ2v) is 8.48. The van der Waals surface area contributed by atoms with Crippen molar-refractivity contribution in [3.63, 3.8) is 0 Å². The van der Waals surface area contributed by atoms with Crippen LogP contribution in [0.1, 0.15) is 82.1 Å². The number of hydrogen-bond acceptors (Lipinski definition) is 2. The van der Waals surface area contributed by atoms with Crippen molar-refractivity contribution in [2.75, 3.05) is 6.61 Å². The Labute approximate surface area is 181 Å². The fraction of sp³-hybridized carbons (Fsp3) is 0.444. The fourth-order valence-corrected chi connectivity index (χ4v) is 3.51. The molecule has 0 bridgehead atoms. The molecular formula is C27H36O3. The fourth-order valence-electron chi connectivity index (χ4n) is 3.51. The summed E-state index contributed by atoms with van der Waals surface area (Å²) < 4.78 is 5.90. The summed E-state index contributed by atoms with van der Waals surface area (Å²) in [6.07, 6.45) is 16.4. The minimum absolute atomic E-state index is 0.314. The Balaban J connectivity index is 1.76. The molecule has 162 valence electrons. The molecule has 0 aliphatic carbocycles. The highest BCUT2D eigenvalue weighted by atomic mass is 16.5. The van der Waals surface area contributed by atoms with Gasteiger partial charge >= 0.3 is 5.97 Å². The van der Waals surface area contributed by atoms with Crippen molar-refractivity contribution < 1.29 is 14.6 Å². The molecule has 1 aliphatic heterocycles. The number of carboxylic acid groups (broad SMARTS) is 1. The average Bonchev–Trinajstić information content (AvgIpc) is 2.89. The van der Waals surface area contributed by atoms with E-state index in [0.717, 1.165) is 56.3 Å². The molecular weight excluding hydrogens is 372 g/mol. The van der Waals surface area contributed by atoms with Crippen molar-refractivity contribution in [3.05, 3.63) is 75.9 Å². The number of allylic oxidation sites excluding steroid dienone is 7. The molecule has 0 amide bonds. The van der Waals surface area contributed by atoms with Gasteiger partial charge in [-0.2, -0.15) is 0 Å². The van der Waals surface area contributed by atoms with Crippen LogP contribution in [-0.2, 0) is 6.42 Å². The summed E-state index contributed by atoms with van der Waals surface area (Å²) in [6.45, 7) is 9.33. The van der Waals surface area contributed by atoms with Crippen molar-refractivity contribution >= 4 is 5.97 Å². The molecule has 0 aromatic heterocycles. The third-order valence-electron chi connectivity index (χ3n) is 5.41. The maximum Gasteiger partial charge on any atom is 0.335 e. The third-order valence-corrected chi connectivity index (χ3v) is 5.41. The van der Waals surface area contributed by atoms with Gasteiger partial charge in [-0.15, -0.1) is 0 Å². The van der Waals surface area contributed by atoms with Gasteiger partial charge in [0.15, 0.2) is 0 Å². The van der Waals surface area contributed by atoms with Gasteiger partial charge < -0.3 is 9.84 Å². The Morgan fingerprint density at radius 3 is 2.33 bits per heavy atom. The number of hydrogen-bond donors (Lipinski definition) is 1. The topological polar surface area (TPSA) is 46.5 Å². The first-order chi connectivity index (χ1) is 14.3. The Bertz CT molecular complexity index is 849. The Kier molecular flexibility index (Phi) is 9.66. The monoisotopic (exact) mass is 408 g/mol. The lowest BCUT2D eigenvalue weighted by atomic mass is 10.0. The molecule has 3 nitrogen and oxygen atoms in total. The van der Waals surface area contributed by atoms with Crippen LogP contribution < -0.4 is 4.74 Å². The van der Waals surface area contributed by atoms with Gasteiger partial charge in [-0.3, -0.25) is 0 Å². The molecule has 30 heavy (non-hydrogen) atoms. The van der Waals surface area contributed by atoms with Crippen LogP contribution in [0.25, 0.3) is 0 Å². The summed E-state index contributed by atoms with van der Waals surface area (Å²) in [6, 6.07) is 5.10. The number of ether oxygens (including phenoxy) is 1. The minimum atomic E-state index is -0.898. The number of carbonyl (C=O) groups is 1. The predicted molar refractivity (Wildman–Crippen MR) is 125 cm³/mol. The SMILES string of the molecule is CC(C)=CCCC(C)=CCCC(C)=CCCC1=CCc2cc(C(=O)O)ccc2OC1. The molecule has 0 unspecified atom stereocenters. The molecule has 1 N–H and O–H groups in total. The highest BCUT2D eigenvalue weighted by Gasteiger charge is 2.12. The zero-order valence-electron chi connectivity index (χ0n) is 19.0. The Morgan fingerprint density at radius 2 is 1.67 bits per heavy atom. The highest BCUT2D eigenvalue weighted by Crippen LogP contribution is 2.26. The third kappa shape index (κ3) is 8.44. The summed E-state index contributed by atoms with van der Waals surface area (Å²) in [5, 5.41) is 9.16. The quantitative estimate of drug-likeness (QED) is 0.409. The van der Waals surface area contributed by atoms with E-state index in [2.05, 4.69) is 52.0 Å². The van der Waals surface area contributed by atoms with Crippen LogP contribution in [0.3, 0.4) is 0 Å². The molecule has 1 aliphatic rings. The lowest BCUT2D eigenvalue weighted by Gasteiger charge is -2.09. The van der Waals surface area contributed by atoms with Crippen LogP contribution in [0.2, 0.25) is 0 Å². The van der Waals surface area contributed by atoms with E-state index in [1.165, 1.54) is 22.3 Å². The lowest BCUT2D eigenvalue weighted by molar-refractivity contribution is 0.0696. The number of fused-ring (bicyclic) bond motifs is 1. The highest BCUT2D eigenvalue weighted by molar-refractivity contribution is 5.88. The van der Waals surface area contributed by atoms with Crippen LogP contribution in [0.5, 0.6) is 5.75 Å². The van der Waals surface area contributed by atoms with E-state index in [1.54, 1.807) is 18.2 Å². The van der Waals surface area contributed by atoms with Crippen LogP contribution in [-0.4, -0.2) is 17.7 Å². The summed E-state index contributed by atoms with van der Waals surface area (Å²) in [4.78, 5) is 11.2. The second-order valence-electron chi connectivity index (χ2n) is 8.48. The lowest BCUT2D eigenvalue weighted by Crippen LogP contribution is -2.02. The van der Waals surface area contributed by atoms with Crippen LogP contribution in [0.15, 0.2) is 64.8 Å². The van der Waals surface area contributed by atoms with Crippen molar-refractivity contribution in [2.45, 2.75) is 72.6 Å². The van der Waals surface area contributed by atoms with E-state index < -0.39 is 5.97 Å². The standard InChI is InChI=1S/C27H36O3/c1-20(2)8-5-9-21(3)10-6-11-22(4)12-7-13-23-14-15-24-18-25(27(28)29)16-17-26(24)30-19-23/h8,10,12,14,16-18H,5-7,9,11,13,15,19H2,1-4H3,(H,28,29). The molecule has 0 saturated carbocycles. The second kappa shape index (κ2) is 12.2. The molecule has 1 aromatic carbocycles. The van der Waals surface area contributed by atoms with Crippen molar-refractivity contribution in [2.24, 2.45) is 0 Å². The van der Waals surface area contributed by atoms with E-state index in [4.69, 9.17) is 9.84 Å². The van der Waals surface area contributed by atoms with Gasteiger partial charge in [-0.1, -0.05) is 41.0 Å². The normalized spacial score (nSPS) is 14.3. The zero-order chi connectivity index (χ0) is 21.9. The first kappa shape index (κ1) is 23.7. The molecule has 1 heterocycles. The molecule has 1 aromatic rings. The molecule has 2 rings (SSSR count). The maximum atomic E-state index is 11.2. The van der Waals surface area contributed by atoms with Gasteiger partial charge in [-0.25, -0.2) is 4.79 Å². The van der Waals surface area contributed by atoms with E-state index in [0.29, 0.717) is 12.2 Å². The molecule has 0 atom stereocenters. The molecule has 0 radical (unpaired) electrons. The number of aromatic carboxylic acids is 1. The Morgan fingerprint density at radius 1 is 1.00 bits per heavy atom. The molecule has 0 saturated heterocycles. The maximum absolute atomic E-state index is 11.2.